The van der Waals surface area contributed by atoms with Crippen molar-refractivity contribution in [2.45, 2.75) is 6.42 Å². The van der Waals surface area contributed by atoms with Crippen molar-refractivity contribution >= 4 is 35.1 Å². The van der Waals surface area contributed by atoms with Crippen molar-refractivity contribution in [2.75, 3.05) is 32.7 Å². The molecular formula is C17H19ClN4O4. The predicted octanol–water partition coefficient (Wildman–Crippen LogP) is 2.43. The molecule has 1 aromatic carbocycles. The van der Waals surface area contributed by atoms with Gasteiger partial charge in [0.05, 0.1) is 28.9 Å². The highest BCUT2D eigenvalue weighted by Gasteiger charge is 2.11. The summed E-state index contributed by atoms with van der Waals surface area (Å²) in [7, 11) is 2.90. The average molecular weight is 379 g/mol. The number of carbonyl (C=O) groups is 2. The van der Waals surface area contributed by atoms with Gasteiger partial charge in [0, 0.05) is 32.7 Å². The van der Waals surface area contributed by atoms with Crippen LogP contribution in [0.3, 0.4) is 0 Å². The Morgan fingerprint density at radius 1 is 1.15 bits per heavy atom. The molecule has 138 valence electrons. The second-order valence-electron chi connectivity index (χ2n) is 5.21. The lowest BCUT2D eigenvalue weighted by Gasteiger charge is -2.09. The zero-order valence-electron chi connectivity index (χ0n) is 14.4. The van der Waals surface area contributed by atoms with Crippen molar-refractivity contribution < 1.29 is 19.1 Å². The molecule has 0 aliphatic carbocycles. The first-order valence-electron chi connectivity index (χ1n) is 7.79. The second-order valence-corrected chi connectivity index (χ2v) is 5.62. The molecule has 2 aromatic rings. The number of rotatable bonds is 8. The number of carbonyl (C=O) groups excluding carboxylic acids is 2. The van der Waals surface area contributed by atoms with E-state index in [0.29, 0.717) is 35.0 Å². The standard InChI is InChI=1S/C17H19ClN4O4/c1-25-7-3-6-19-15(23)12-9-20-17(21-10-12)22-14-8-11(16(24)26-2)4-5-13(14)18/h4-5,8-10H,3,6-7H2,1-2H3,(H,19,23)(H,20,21,22). The van der Waals surface area contributed by atoms with Crippen LogP contribution in [-0.4, -0.2) is 49.2 Å². The number of ether oxygens (including phenoxy) is 2. The summed E-state index contributed by atoms with van der Waals surface area (Å²) < 4.78 is 9.60. The van der Waals surface area contributed by atoms with Gasteiger partial charge in [0.1, 0.15) is 0 Å². The molecule has 1 heterocycles. The topological polar surface area (TPSA) is 102 Å². The summed E-state index contributed by atoms with van der Waals surface area (Å²) in [6.45, 7) is 1.08. The van der Waals surface area contributed by atoms with E-state index in [9.17, 15) is 9.59 Å². The van der Waals surface area contributed by atoms with Crippen molar-refractivity contribution in [1.29, 1.82) is 0 Å². The fraction of sp³-hybridized carbons (Fsp3) is 0.294. The van der Waals surface area contributed by atoms with Gasteiger partial charge in [-0.3, -0.25) is 4.79 Å². The summed E-state index contributed by atoms with van der Waals surface area (Å²) in [6, 6.07) is 4.66. The van der Waals surface area contributed by atoms with Gasteiger partial charge in [-0.05, 0) is 24.6 Å². The van der Waals surface area contributed by atoms with Crippen LogP contribution in [0.4, 0.5) is 11.6 Å². The van der Waals surface area contributed by atoms with Crippen LogP contribution < -0.4 is 10.6 Å². The SMILES string of the molecule is COCCCNC(=O)c1cnc(Nc2cc(C(=O)OC)ccc2Cl)nc1. The van der Waals surface area contributed by atoms with Crippen LogP contribution in [0.25, 0.3) is 0 Å². The molecule has 26 heavy (non-hydrogen) atoms. The Morgan fingerprint density at radius 3 is 2.54 bits per heavy atom. The molecule has 0 atom stereocenters. The van der Waals surface area contributed by atoms with E-state index < -0.39 is 5.97 Å². The number of benzene rings is 1. The van der Waals surface area contributed by atoms with Crippen molar-refractivity contribution in [1.82, 2.24) is 15.3 Å². The number of nitrogens with zero attached hydrogens (tertiary/aromatic N) is 2. The minimum atomic E-state index is -0.480. The Labute approximate surface area is 155 Å². The Morgan fingerprint density at radius 2 is 1.88 bits per heavy atom. The lowest BCUT2D eigenvalue weighted by Crippen LogP contribution is -2.25. The fourth-order valence-corrected chi connectivity index (χ4v) is 2.18. The maximum Gasteiger partial charge on any atom is 0.337 e. The van der Waals surface area contributed by atoms with Gasteiger partial charge < -0.3 is 20.1 Å². The maximum absolute atomic E-state index is 12.0. The van der Waals surface area contributed by atoms with Gasteiger partial charge in [0.15, 0.2) is 0 Å². The third kappa shape index (κ3) is 5.40. The summed E-state index contributed by atoms with van der Waals surface area (Å²) in [5, 5.41) is 6.04. The van der Waals surface area contributed by atoms with E-state index in [1.165, 1.54) is 25.6 Å². The van der Waals surface area contributed by atoms with Gasteiger partial charge >= 0.3 is 5.97 Å². The highest BCUT2D eigenvalue weighted by atomic mass is 35.5. The molecule has 2 rings (SSSR count). The van der Waals surface area contributed by atoms with E-state index in [1.54, 1.807) is 19.2 Å². The third-order valence-corrected chi connectivity index (χ3v) is 3.69. The van der Waals surface area contributed by atoms with Gasteiger partial charge in [-0.1, -0.05) is 11.6 Å². The minimum absolute atomic E-state index is 0.241. The van der Waals surface area contributed by atoms with E-state index in [4.69, 9.17) is 16.3 Å². The van der Waals surface area contributed by atoms with Gasteiger partial charge in [0.2, 0.25) is 5.95 Å². The molecule has 0 fully saturated rings. The van der Waals surface area contributed by atoms with Gasteiger partial charge in [-0.2, -0.15) is 0 Å². The average Bonchev–Trinajstić information content (AvgIpc) is 2.66. The summed E-state index contributed by atoms with van der Waals surface area (Å²) >= 11 is 6.11. The third-order valence-electron chi connectivity index (χ3n) is 3.36. The van der Waals surface area contributed by atoms with Crippen LogP contribution in [0.15, 0.2) is 30.6 Å². The molecule has 9 heteroatoms. The lowest BCUT2D eigenvalue weighted by molar-refractivity contribution is 0.0600. The number of esters is 1. The van der Waals surface area contributed by atoms with E-state index in [-0.39, 0.29) is 11.9 Å². The molecule has 1 aromatic heterocycles. The highest BCUT2D eigenvalue weighted by Crippen LogP contribution is 2.25. The largest absolute Gasteiger partial charge is 0.465 e. The number of hydrogen-bond acceptors (Lipinski definition) is 7. The van der Waals surface area contributed by atoms with Gasteiger partial charge in [-0.15, -0.1) is 0 Å². The summed E-state index contributed by atoms with van der Waals surface area (Å²) in [5.74, 6) is -0.505. The van der Waals surface area contributed by atoms with Gasteiger partial charge in [0.25, 0.3) is 5.91 Å². The first-order chi connectivity index (χ1) is 12.5. The Kier molecular flexibility index (Phi) is 7.31. The molecule has 0 aliphatic heterocycles. The molecule has 0 unspecified atom stereocenters. The maximum atomic E-state index is 12.0. The zero-order chi connectivity index (χ0) is 18.9. The fourth-order valence-electron chi connectivity index (χ4n) is 2.02. The van der Waals surface area contributed by atoms with Crippen molar-refractivity contribution in [3.05, 3.63) is 46.7 Å². The predicted molar refractivity (Wildman–Crippen MR) is 96.9 cm³/mol. The van der Waals surface area contributed by atoms with Gasteiger partial charge in [-0.25, -0.2) is 14.8 Å². The zero-order valence-corrected chi connectivity index (χ0v) is 15.2. The molecule has 0 bridgehead atoms. The van der Waals surface area contributed by atoms with Crippen LogP contribution >= 0.6 is 11.6 Å². The molecule has 0 spiro atoms. The Balaban J connectivity index is 2.03. The summed E-state index contributed by atoms with van der Waals surface area (Å²) in [4.78, 5) is 31.7. The summed E-state index contributed by atoms with van der Waals surface area (Å²) in [5.41, 5.74) is 1.13. The molecule has 0 saturated heterocycles. The van der Waals surface area contributed by atoms with Crippen molar-refractivity contribution in [3.8, 4) is 0 Å². The number of hydrogen-bond donors (Lipinski definition) is 2. The van der Waals surface area contributed by atoms with Crippen LogP contribution in [0.5, 0.6) is 0 Å². The number of anilines is 2. The first-order valence-corrected chi connectivity index (χ1v) is 8.17. The van der Waals surface area contributed by atoms with Crippen LogP contribution in [0.2, 0.25) is 5.02 Å². The highest BCUT2D eigenvalue weighted by molar-refractivity contribution is 6.33. The van der Waals surface area contributed by atoms with E-state index in [1.807, 2.05) is 0 Å². The van der Waals surface area contributed by atoms with Crippen LogP contribution in [0.1, 0.15) is 27.1 Å². The van der Waals surface area contributed by atoms with Crippen molar-refractivity contribution in [3.63, 3.8) is 0 Å². The lowest BCUT2D eigenvalue weighted by atomic mass is 10.2. The first kappa shape index (κ1) is 19.6. The summed E-state index contributed by atoms with van der Waals surface area (Å²) in [6.07, 6.45) is 3.52. The number of aromatic nitrogens is 2. The van der Waals surface area contributed by atoms with E-state index in [0.717, 1.165) is 6.42 Å². The molecular weight excluding hydrogens is 360 g/mol. The van der Waals surface area contributed by atoms with Crippen LogP contribution in [-0.2, 0) is 9.47 Å². The Bertz CT molecular complexity index is 768. The second kappa shape index (κ2) is 9.69. The van der Waals surface area contributed by atoms with E-state index in [2.05, 4.69) is 25.3 Å². The smallest absolute Gasteiger partial charge is 0.337 e. The number of halogens is 1. The minimum Gasteiger partial charge on any atom is -0.465 e. The quantitative estimate of drug-likeness (QED) is 0.537. The number of nitrogens with one attached hydrogen (secondary N) is 2. The molecule has 0 saturated carbocycles. The van der Waals surface area contributed by atoms with Crippen LogP contribution in [0, 0.1) is 0 Å². The number of amides is 1. The molecule has 0 radical (unpaired) electrons. The molecule has 1 amide bonds. The normalized spacial score (nSPS) is 10.3. The molecule has 2 N–H and O–H groups in total. The number of methoxy groups -OCH3 is 2. The molecule has 0 aliphatic rings. The Hall–Kier alpha value is -2.71. The monoisotopic (exact) mass is 378 g/mol. The van der Waals surface area contributed by atoms with E-state index >= 15 is 0 Å². The van der Waals surface area contributed by atoms with Crippen molar-refractivity contribution in [2.24, 2.45) is 0 Å². The molecule has 8 nitrogen and oxygen atoms in total.